The number of aromatic hydroxyl groups is 1. The molecule has 0 radical (unpaired) electrons. The van der Waals surface area contributed by atoms with Gasteiger partial charge in [0, 0.05) is 23.9 Å². The number of ether oxygens (including phenoxy) is 2. The van der Waals surface area contributed by atoms with Gasteiger partial charge in [0.25, 0.3) is 0 Å². The van der Waals surface area contributed by atoms with Gasteiger partial charge in [0.15, 0.2) is 11.5 Å². The van der Waals surface area contributed by atoms with Crippen LogP contribution in [0.3, 0.4) is 0 Å². The van der Waals surface area contributed by atoms with Crippen LogP contribution in [0.15, 0.2) is 34.8 Å². The quantitative estimate of drug-likeness (QED) is 0.851. The Balaban J connectivity index is 2.22. The van der Waals surface area contributed by atoms with Crippen molar-refractivity contribution in [1.29, 1.82) is 0 Å². The Kier molecular flexibility index (Phi) is 4.96. The smallest absolute Gasteiger partial charge is 0.162 e. The number of para-hydroxylation sites is 1. The molecule has 2 aromatic rings. The maximum atomic E-state index is 10.00. The molecule has 21 heavy (non-hydrogen) atoms. The highest BCUT2D eigenvalue weighted by Gasteiger charge is 2.10. The number of methoxy groups -OCH3 is 2. The Bertz CT molecular complexity index is 644. The Labute approximate surface area is 132 Å². The van der Waals surface area contributed by atoms with Gasteiger partial charge in [0.05, 0.1) is 18.7 Å². The van der Waals surface area contributed by atoms with Gasteiger partial charge in [-0.25, -0.2) is 0 Å². The SMILES string of the molecule is COc1cc(C)c(NCc2cccc(Br)c2O)cc1OC. The topological polar surface area (TPSA) is 50.7 Å². The van der Waals surface area contributed by atoms with E-state index >= 15 is 0 Å². The van der Waals surface area contributed by atoms with E-state index in [-0.39, 0.29) is 5.75 Å². The summed E-state index contributed by atoms with van der Waals surface area (Å²) in [7, 11) is 3.22. The molecule has 0 amide bonds. The molecule has 5 heteroatoms. The largest absolute Gasteiger partial charge is 0.506 e. The van der Waals surface area contributed by atoms with Gasteiger partial charge in [-0.1, -0.05) is 12.1 Å². The van der Waals surface area contributed by atoms with E-state index < -0.39 is 0 Å². The Morgan fingerprint density at radius 2 is 1.81 bits per heavy atom. The number of phenols is 1. The molecule has 112 valence electrons. The van der Waals surface area contributed by atoms with Gasteiger partial charge in [0.2, 0.25) is 0 Å². The average Bonchev–Trinajstić information content (AvgIpc) is 2.49. The Morgan fingerprint density at radius 3 is 2.48 bits per heavy atom. The van der Waals surface area contributed by atoms with Crippen LogP contribution in [0.1, 0.15) is 11.1 Å². The van der Waals surface area contributed by atoms with Crippen molar-refractivity contribution in [3.05, 3.63) is 45.9 Å². The fourth-order valence-corrected chi connectivity index (χ4v) is 2.47. The molecule has 0 atom stereocenters. The first-order valence-corrected chi connectivity index (χ1v) is 7.29. The molecule has 4 nitrogen and oxygen atoms in total. The summed E-state index contributed by atoms with van der Waals surface area (Å²) in [5, 5.41) is 13.3. The van der Waals surface area contributed by atoms with E-state index in [0.717, 1.165) is 16.8 Å². The lowest BCUT2D eigenvalue weighted by atomic mass is 10.1. The Hall–Kier alpha value is -1.88. The van der Waals surface area contributed by atoms with Gasteiger partial charge in [0.1, 0.15) is 5.75 Å². The fraction of sp³-hybridized carbons (Fsp3) is 0.250. The Morgan fingerprint density at radius 1 is 1.14 bits per heavy atom. The number of phenolic OH excluding ortho intramolecular Hbond substituents is 1. The number of rotatable bonds is 5. The number of aryl methyl sites for hydroxylation is 1. The zero-order valence-electron chi connectivity index (χ0n) is 12.2. The predicted octanol–water partition coefficient (Wildman–Crippen LogP) is 4.09. The van der Waals surface area contributed by atoms with Crippen molar-refractivity contribution in [1.82, 2.24) is 0 Å². The van der Waals surface area contributed by atoms with Crippen LogP contribution >= 0.6 is 15.9 Å². The van der Waals surface area contributed by atoms with Crippen LogP contribution in [0.25, 0.3) is 0 Å². The van der Waals surface area contributed by atoms with Gasteiger partial charge in [-0.05, 0) is 40.5 Å². The highest BCUT2D eigenvalue weighted by molar-refractivity contribution is 9.10. The zero-order valence-corrected chi connectivity index (χ0v) is 13.8. The molecule has 0 heterocycles. The monoisotopic (exact) mass is 351 g/mol. The minimum atomic E-state index is 0.253. The molecule has 0 aliphatic carbocycles. The van der Waals surface area contributed by atoms with Crippen molar-refractivity contribution in [3.8, 4) is 17.2 Å². The molecule has 0 saturated carbocycles. The molecule has 0 aliphatic heterocycles. The third-order valence-electron chi connectivity index (χ3n) is 3.27. The van der Waals surface area contributed by atoms with E-state index in [1.165, 1.54) is 0 Å². The standard InChI is InChI=1S/C16H18BrNO3/c1-10-7-14(20-2)15(21-3)8-13(10)18-9-11-5-4-6-12(17)16(11)19/h4-8,18-19H,9H2,1-3H3. The minimum Gasteiger partial charge on any atom is -0.506 e. The lowest BCUT2D eigenvalue weighted by Crippen LogP contribution is -2.03. The normalized spacial score (nSPS) is 10.3. The van der Waals surface area contributed by atoms with E-state index in [4.69, 9.17) is 9.47 Å². The molecule has 0 bridgehead atoms. The molecule has 2 rings (SSSR count). The summed E-state index contributed by atoms with van der Waals surface area (Å²) in [6.45, 7) is 2.51. The van der Waals surface area contributed by atoms with Crippen LogP contribution < -0.4 is 14.8 Å². The van der Waals surface area contributed by atoms with E-state index in [1.54, 1.807) is 20.3 Å². The molecule has 2 N–H and O–H groups in total. The van der Waals surface area contributed by atoms with Crippen molar-refractivity contribution in [2.75, 3.05) is 19.5 Å². The van der Waals surface area contributed by atoms with E-state index in [1.807, 2.05) is 31.2 Å². The molecule has 0 spiro atoms. The maximum absolute atomic E-state index is 10.00. The van der Waals surface area contributed by atoms with Crippen molar-refractivity contribution >= 4 is 21.6 Å². The summed E-state index contributed by atoms with van der Waals surface area (Å²) >= 11 is 3.31. The van der Waals surface area contributed by atoms with Crippen LogP contribution in [0, 0.1) is 6.92 Å². The lowest BCUT2D eigenvalue weighted by Gasteiger charge is -2.15. The van der Waals surface area contributed by atoms with Gasteiger partial charge >= 0.3 is 0 Å². The summed E-state index contributed by atoms with van der Waals surface area (Å²) < 4.78 is 11.3. The van der Waals surface area contributed by atoms with E-state index in [2.05, 4.69) is 21.2 Å². The second kappa shape index (κ2) is 6.72. The summed E-state index contributed by atoms with van der Waals surface area (Å²) in [6.07, 6.45) is 0. The summed E-state index contributed by atoms with van der Waals surface area (Å²) in [5.41, 5.74) is 2.80. The van der Waals surface area contributed by atoms with Gasteiger partial charge in [-0.3, -0.25) is 0 Å². The van der Waals surface area contributed by atoms with Crippen LogP contribution in [0.5, 0.6) is 17.2 Å². The second-order valence-electron chi connectivity index (χ2n) is 4.62. The van der Waals surface area contributed by atoms with E-state index in [0.29, 0.717) is 22.5 Å². The van der Waals surface area contributed by atoms with Gasteiger partial charge in [-0.15, -0.1) is 0 Å². The van der Waals surface area contributed by atoms with Gasteiger partial charge < -0.3 is 19.9 Å². The molecule has 0 saturated heterocycles. The van der Waals surface area contributed by atoms with E-state index in [9.17, 15) is 5.11 Å². The summed E-state index contributed by atoms with van der Waals surface area (Å²) in [4.78, 5) is 0. The number of benzene rings is 2. The maximum Gasteiger partial charge on any atom is 0.162 e. The zero-order chi connectivity index (χ0) is 15.4. The van der Waals surface area contributed by atoms with Crippen LogP contribution in [0.4, 0.5) is 5.69 Å². The number of halogens is 1. The fourth-order valence-electron chi connectivity index (χ4n) is 2.06. The molecule has 0 fully saturated rings. The number of anilines is 1. The van der Waals surface area contributed by atoms with Gasteiger partial charge in [-0.2, -0.15) is 0 Å². The second-order valence-corrected chi connectivity index (χ2v) is 5.48. The summed E-state index contributed by atoms with van der Waals surface area (Å²) in [6, 6.07) is 9.39. The first-order chi connectivity index (χ1) is 10.1. The number of hydrogen-bond acceptors (Lipinski definition) is 4. The first-order valence-electron chi connectivity index (χ1n) is 6.49. The third-order valence-corrected chi connectivity index (χ3v) is 3.91. The lowest BCUT2D eigenvalue weighted by molar-refractivity contribution is 0.355. The van der Waals surface area contributed by atoms with Crippen LogP contribution in [-0.4, -0.2) is 19.3 Å². The molecule has 2 aromatic carbocycles. The molecular formula is C16H18BrNO3. The summed E-state index contributed by atoms with van der Waals surface area (Å²) in [5.74, 6) is 1.62. The van der Waals surface area contributed by atoms with Crippen molar-refractivity contribution in [2.45, 2.75) is 13.5 Å². The van der Waals surface area contributed by atoms with Crippen LogP contribution in [0.2, 0.25) is 0 Å². The highest BCUT2D eigenvalue weighted by Crippen LogP contribution is 2.34. The first kappa shape index (κ1) is 15.5. The highest BCUT2D eigenvalue weighted by atomic mass is 79.9. The van der Waals surface area contributed by atoms with Crippen molar-refractivity contribution < 1.29 is 14.6 Å². The third kappa shape index (κ3) is 3.42. The molecule has 0 unspecified atom stereocenters. The molecule has 0 aromatic heterocycles. The molecular weight excluding hydrogens is 334 g/mol. The number of nitrogens with one attached hydrogen (secondary N) is 1. The minimum absolute atomic E-state index is 0.253. The van der Waals surface area contributed by atoms with Crippen LogP contribution in [-0.2, 0) is 6.54 Å². The number of hydrogen-bond donors (Lipinski definition) is 2. The predicted molar refractivity (Wildman–Crippen MR) is 87.4 cm³/mol. The molecule has 0 aliphatic rings. The van der Waals surface area contributed by atoms with Crippen molar-refractivity contribution in [2.24, 2.45) is 0 Å². The average molecular weight is 352 g/mol. The van der Waals surface area contributed by atoms with Crippen molar-refractivity contribution in [3.63, 3.8) is 0 Å².